The van der Waals surface area contributed by atoms with Crippen LogP contribution in [-0.2, 0) is 9.59 Å². The highest BCUT2D eigenvalue weighted by Crippen LogP contribution is 2.33. The van der Waals surface area contributed by atoms with Crippen LogP contribution >= 0.6 is 0 Å². The van der Waals surface area contributed by atoms with Crippen LogP contribution in [0.2, 0.25) is 0 Å². The lowest BCUT2D eigenvalue weighted by Gasteiger charge is -2.20. The number of hydrogen-bond acceptors (Lipinski definition) is 2. The van der Waals surface area contributed by atoms with Crippen molar-refractivity contribution in [2.24, 2.45) is 17.3 Å². The number of ketones is 2. The molecule has 1 aliphatic rings. The third-order valence-electron chi connectivity index (χ3n) is 3.53. The minimum atomic E-state index is -0.732. The first-order chi connectivity index (χ1) is 6.35. The van der Waals surface area contributed by atoms with E-state index in [9.17, 15) is 9.59 Å². The Hall–Kier alpha value is -0.660. The van der Waals surface area contributed by atoms with Gasteiger partial charge in [0, 0.05) is 12.8 Å². The van der Waals surface area contributed by atoms with Crippen molar-refractivity contribution in [3.8, 4) is 0 Å². The molecule has 0 bridgehead atoms. The van der Waals surface area contributed by atoms with E-state index in [1.807, 2.05) is 0 Å². The van der Waals surface area contributed by atoms with Crippen molar-refractivity contribution in [2.45, 2.75) is 47.0 Å². The molecular formula is C12H20O2. The predicted octanol–water partition coefficient (Wildman–Crippen LogP) is 2.61. The molecule has 0 N–H and O–H groups in total. The van der Waals surface area contributed by atoms with E-state index in [1.165, 1.54) is 0 Å². The van der Waals surface area contributed by atoms with Crippen molar-refractivity contribution >= 4 is 11.6 Å². The fraction of sp³-hybridized carbons (Fsp3) is 0.833. The van der Waals surface area contributed by atoms with Crippen LogP contribution in [0, 0.1) is 17.3 Å². The van der Waals surface area contributed by atoms with Gasteiger partial charge in [0.05, 0.1) is 5.41 Å². The summed E-state index contributed by atoms with van der Waals surface area (Å²) in [5.74, 6) is 1.14. The van der Waals surface area contributed by atoms with Gasteiger partial charge in [-0.3, -0.25) is 9.59 Å². The highest BCUT2D eigenvalue weighted by molar-refractivity contribution is 6.06. The summed E-state index contributed by atoms with van der Waals surface area (Å²) in [6, 6.07) is 0. The van der Waals surface area contributed by atoms with Crippen molar-refractivity contribution in [2.75, 3.05) is 0 Å². The Morgan fingerprint density at radius 3 is 2.29 bits per heavy atom. The van der Waals surface area contributed by atoms with Gasteiger partial charge in [-0.1, -0.05) is 13.8 Å². The van der Waals surface area contributed by atoms with Gasteiger partial charge >= 0.3 is 0 Å². The smallest absolute Gasteiger partial charge is 0.146 e. The first kappa shape index (κ1) is 11.4. The first-order valence-corrected chi connectivity index (χ1v) is 5.42. The van der Waals surface area contributed by atoms with Gasteiger partial charge in [-0.15, -0.1) is 0 Å². The highest BCUT2D eigenvalue weighted by atomic mass is 16.2. The first-order valence-electron chi connectivity index (χ1n) is 5.42. The third-order valence-corrected chi connectivity index (χ3v) is 3.53. The predicted molar refractivity (Wildman–Crippen MR) is 56.0 cm³/mol. The molecule has 0 aliphatic heterocycles. The molecule has 1 atom stereocenters. The molecule has 80 valence electrons. The number of hydrogen-bond donors (Lipinski definition) is 0. The van der Waals surface area contributed by atoms with Crippen LogP contribution in [0.3, 0.4) is 0 Å². The molecular weight excluding hydrogens is 176 g/mol. The molecule has 0 amide bonds. The number of carbonyl (C=O) groups excluding carboxylic acids is 2. The Kier molecular flexibility index (Phi) is 3.13. The topological polar surface area (TPSA) is 34.1 Å². The third kappa shape index (κ3) is 2.05. The summed E-state index contributed by atoms with van der Waals surface area (Å²) in [4.78, 5) is 23.5. The van der Waals surface area contributed by atoms with Crippen LogP contribution in [0.15, 0.2) is 0 Å². The van der Waals surface area contributed by atoms with Crippen LogP contribution in [-0.4, -0.2) is 11.6 Å². The van der Waals surface area contributed by atoms with Crippen LogP contribution in [0.25, 0.3) is 0 Å². The Labute approximate surface area is 86.1 Å². The van der Waals surface area contributed by atoms with Gasteiger partial charge in [0.25, 0.3) is 0 Å². The minimum Gasteiger partial charge on any atom is -0.299 e. The van der Waals surface area contributed by atoms with E-state index in [-0.39, 0.29) is 11.6 Å². The van der Waals surface area contributed by atoms with Crippen LogP contribution in [0.4, 0.5) is 0 Å². The summed E-state index contributed by atoms with van der Waals surface area (Å²) in [7, 11) is 0. The number of Topliss-reactive ketones (excluding diaryl/α,β-unsaturated/α-hetero) is 2. The maximum Gasteiger partial charge on any atom is 0.146 e. The Morgan fingerprint density at radius 1 is 1.21 bits per heavy atom. The van der Waals surface area contributed by atoms with Crippen molar-refractivity contribution in [3.05, 3.63) is 0 Å². The standard InChI is InChI=1S/C12H20O2/c1-8(2)9-5-6-10(13)12(3,4)11(14)7-9/h8-9H,5-7H2,1-4H3/t9-/m0/s1. The van der Waals surface area contributed by atoms with Gasteiger partial charge in [0.15, 0.2) is 0 Å². The normalized spacial score (nSPS) is 27.9. The molecule has 0 spiro atoms. The molecule has 2 nitrogen and oxygen atoms in total. The molecule has 1 aliphatic carbocycles. The van der Waals surface area contributed by atoms with Crippen molar-refractivity contribution in [3.63, 3.8) is 0 Å². The molecule has 0 heterocycles. The van der Waals surface area contributed by atoms with E-state index in [4.69, 9.17) is 0 Å². The summed E-state index contributed by atoms with van der Waals surface area (Å²) in [5.41, 5.74) is -0.732. The Balaban J connectivity index is 2.84. The summed E-state index contributed by atoms with van der Waals surface area (Å²) in [5, 5.41) is 0. The minimum absolute atomic E-state index is 0.116. The Morgan fingerprint density at radius 2 is 1.79 bits per heavy atom. The van der Waals surface area contributed by atoms with Gasteiger partial charge in [-0.25, -0.2) is 0 Å². The lowest BCUT2D eigenvalue weighted by molar-refractivity contribution is -0.137. The van der Waals surface area contributed by atoms with Crippen LogP contribution < -0.4 is 0 Å². The average Bonchev–Trinajstić information content (AvgIpc) is 2.17. The second-order valence-electron chi connectivity index (χ2n) is 5.22. The maximum absolute atomic E-state index is 11.8. The van der Waals surface area contributed by atoms with E-state index in [0.717, 1.165) is 6.42 Å². The molecule has 0 aromatic rings. The molecule has 0 radical (unpaired) electrons. The molecule has 14 heavy (non-hydrogen) atoms. The van der Waals surface area contributed by atoms with E-state index < -0.39 is 5.41 Å². The quantitative estimate of drug-likeness (QED) is 0.477. The molecule has 0 saturated heterocycles. The lowest BCUT2D eigenvalue weighted by atomic mass is 9.81. The summed E-state index contributed by atoms with van der Waals surface area (Å²) >= 11 is 0. The zero-order valence-corrected chi connectivity index (χ0v) is 9.59. The number of carbonyl (C=O) groups is 2. The molecule has 0 unspecified atom stereocenters. The average molecular weight is 196 g/mol. The molecule has 1 rings (SSSR count). The highest BCUT2D eigenvalue weighted by Gasteiger charge is 2.39. The zero-order valence-electron chi connectivity index (χ0n) is 9.59. The SMILES string of the molecule is CC(C)[C@H]1CCC(=O)C(C)(C)C(=O)C1. The van der Waals surface area contributed by atoms with Gasteiger partial charge in [0.2, 0.25) is 0 Å². The monoisotopic (exact) mass is 196 g/mol. The van der Waals surface area contributed by atoms with Crippen LogP contribution in [0.5, 0.6) is 0 Å². The lowest BCUT2D eigenvalue weighted by Crippen LogP contribution is -2.32. The van der Waals surface area contributed by atoms with E-state index in [1.54, 1.807) is 13.8 Å². The summed E-state index contributed by atoms with van der Waals surface area (Å²) < 4.78 is 0. The van der Waals surface area contributed by atoms with Gasteiger partial charge < -0.3 is 0 Å². The molecule has 1 fully saturated rings. The molecule has 2 heteroatoms. The number of rotatable bonds is 1. The van der Waals surface area contributed by atoms with Gasteiger partial charge in [-0.2, -0.15) is 0 Å². The van der Waals surface area contributed by atoms with E-state index in [2.05, 4.69) is 13.8 Å². The van der Waals surface area contributed by atoms with Gasteiger partial charge in [-0.05, 0) is 32.1 Å². The zero-order chi connectivity index (χ0) is 10.9. The fourth-order valence-electron chi connectivity index (χ4n) is 1.95. The largest absolute Gasteiger partial charge is 0.299 e. The summed E-state index contributed by atoms with van der Waals surface area (Å²) in [6.45, 7) is 7.78. The van der Waals surface area contributed by atoms with E-state index >= 15 is 0 Å². The second kappa shape index (κ2) is 3.84. The maximum atomic E-state index is 11.8. The van der Waals surface area contributed by atoms with Crippen LogP contribution in [0.1, 0.15) is 47.0 Å². The second-order valence-corrected chi connectivity index (χ2v) is 5.22. The fourth-order valence-corrected chi connectivity index (χ4v) is 1.95. The molecule has 0 aromatic carbocycles. The van der Waals surface area contributed by atoms with Crippen molar-refractivity contribution < 1.29 is 9.59 Å². The summed E-state index contributed by atoms with van der Waals surface area (Å²) in [6.07, 6.45) is 2.03. The Bertz CT molecular complexity index is 251. The van der Waals surface area contributed by atoms with Crippen molar-refractivity contribution in [1.82, 2.24) is 0 Å². The van der Waals surface area contributed by atoms with Gasteiger partial charge in [0.1, 0.15) is 11.6 Å². The molecule has 1 saturated carbocycles. The van der Waals surface area contributed by atoms with Crippen molar-refractivity contribution in [1.29, 1.82) is 0 Å². The van der Waals surface area contributed by atoms with E-state index in [0.29, 0.717) is 24.7 Å². The molecule has 0 aromatic heterocycles.